The third kappa shape index (κ3) is 1.48. The Balaban J connectivity index is 2.15. The summed E-state index contributed by atoms with van der Waals surface area (Å²) in [5.74, 6) is -2.22. The molecule has 0 radical (unpaired) electrons. The highest BCUT2D eigenvalue weighted by molar-refractivity contribution is 7.09. The lowest BCUT2D eigenvalue weighted by molar-refractivity contribution is -0.156. The first-order valence-electron chi connectivity index (χ1n) is 4.12. The van der Waals surface area contributed by atoms with Gasteiger partial charge in [-0.3, -0.25) is 4.79 Å². The molecule has 1 amide bonds. The molecule has 1 aliphatic rings. The number of hydrogen-bond acceptors (Lipinski definition) is 4. The van der Waals surface area contributed by atoms with E-state index in [2.05, 4.69) is 4.98 Å². The quantitative estimate of drug-likeness (QED) is 0.620. The molecule has 2 heterocycles. The van der Waals surface area contributed by atoms with Crippen molar-refractivity contribution in [3.63, 3.8) is 0 Å². The second-order valence-electron chi connectivity index (χ2n) is 3.00. The van der Waals surface area contributed by atoms with Crippen molar-refractivity contribution in [2.75, 3.05) is 6.54 Å². The SMILES string of the molecule is O=C(O)C(=O)N1CCc2ncsc2C1. The van der Waals surface area contributed by atoms with Crippen LogP contribution in [0.25, 0.3) is 0 Å². The van der Waals surface area contributed by atoms with Crippen LogP contribution in [0.1, 0.15) is 10.6 Å². The Morgan fingerprint density at radius 1 is 1.57 bits per heavy atom. The molecule has 14 heavy (non-hydrogen) atoms. The summed E-state index contributed by atoms with van der Waals surface area (Å²) < 4.78 is 0. The van der Waals surface area contributed by atoms with Gasteiger partial charge in [0.05, 0.1) is 17.7 Å². The van der Waals surface area contributed by atoms with Gasteiger partial charge in [0.25, 0.3) is 0 Å². The molecule has 5 nitrogen and oxygen atoms in total. The van der Waals surface area contributed by atoms with Gasteiger partial charge in [-0.25, -0.2) is 9.78 Å². The van der Waals surface area contributed by atoms with E-state index in [1.165, 1.54) is 16.2 Å². The minimum absolute atomic E-state index is 0.380. The Bertz CT molecular complexity index is 388. The topological polar surface area (TPSA) is 70.5 Å². The molecule has 0 aromatic carbocycles. The lowest BCUT2D eigenvalue weighted by Gasteiger charge is -2.24. The molecule has 1 aliphatic heterocycles. The smallest absolute Gasteiger partial charge is 0.394 e. The molecule has 0 aliphatic carbocycles. The van der Waals surface area contributed by atoms with Gasteiger partial charge in [-0.15, -0.1) is 11.3 Å². The van der Waals surface area contributed by atoms with Gasteiger partial charge < -0.3 is 10.0 Å². The van der Waals surface area contributed by atoms with Crippen LogP contribution in [0.4, 0.5) is 0 Å². The number of carbonyl (C=O) groups is 2. The predicted octanol–water partition coefficient (Wildman–Crippen LogP) is 0.112. The summed E-state index contributed by atoms with van der Waals surface area (Å²) in [6.45, 7) is 0.826. The van der Waals surface area contributed by atoms with Crippen molar-refractivity contribution in [2.24, 2.45) is 0 Å². The molecule has 0 saturated heterocycles. The fourth-order valence-electron chi connectivity index (χ4n) is 1.43. The summed E-state index contributed by atoms with van der Waals surface area (Å²) in [5, 5.41) is 8.53. The number of thiazole rings is 1. The molecule has 1 aromatic rings. The molecule has 74 valence electrons. The van der Waals surface area contributed by atoms with Gasteiger partial charge in [0.15, 0.2) is 0 Å². The maximum Gasteiger partial charge on any atom is 0.394 e. The van der Waals surface area contributed by atoms with E-state index in [4.69, 9.17) is 5.11 Å². The first kappa shape index (κ1) is 9.14. The zero-order valence-electron chi connectivity index (χ0n) is 7.27. The molecule has 6 heteroatoms. The van der Waals surface area contributed by atoms with E-state index in [0.29, 0.717) is 19.5 Å². The van der Waals surface area contributed by atoms with Crippen LogP contribution in [0.2, 0.25) is 0 Å². The third-order valence-corrected chi connectivity index (χ3v) is 3.01. The van der Waals surface area contributed by atoms with Crippen molar-refractivity contribution in [1.29, 1.82) is 0 Å². The Morgan fingerprint density at radius 3 is 3.07 bits per heavy atom. The van der Waals surface area contributed by atoms with Crippen LogP contribution in [0.15, 0.2) is 5.51 Å². The molecular formula is C8H8N2O3S. The number of nitrogens with zero attached hydrogens (tertiary/aromatic N) is 2. The van der Waals surface area contributed by atoms with E-state index in [1.807, 2.05) is 0 Å². The number of amides is 1. The molecular weight excluding hydrogens is 204 g/mol. The second-order valence-corrected chi connectivity index (χ2v) is 3.94. The van der Waals surface area contributed by atoms with Gasteiger partial charge in [-0.2, -0.15) is 0 Å². The summed E-state index contributed by atoms with van der Waals surface area (Å²) in [6.07, 6.45) is 0.651. The van der Waals surface area contributed by atoms with E-state index in [1.54, 1.807) is 5.51 Å². The standard InChI is InChI=1S/C8H8N2O3S/c11-7(8(12)13)10-2-1-5-6(3-10)14-4-9-5/h4H,1-3H2,(H,12,13). The first-order chi connectivity index (χ1) is 6.68. The molecule has 0 saturated carbocycles. The van der Waals surface area contributed by atoms with Gasteiger partial charge in [-0.1, -0.05) is 0 Å². The van der Waals surface area contributed by atoms with Crippen molar-refractivity contribution in [3.8, 4) is 0 Å². The number of carbonyl (C=O) groups excluding carboxylic acids is 1. The summed E-state index contributed by atoms with van der Waals surface area (Å²) >= 11 is 1.46. The van der Waals surface area contributed by atoms with Gasteiger partial charge in [0.2, 0.25) is 0 Å². The summed E-state index contributed by atoms with van der Waals surface area (Å²) in [4.78, 5) is 28.0. The molecule has 0 bridgehead atoms. The van der Waals surface area contributed by atoms with Crippen LogP contribution in [-0.4, -0.2) is 33.4 Å². The van der Waals surface area contributed by atoms with Crippen molar-refractivity contribution in [3.05, 3.63) is 16.1 Å². The van der Waals surface area contributed by atoms with E-state index < -0.39 is 11.9 Å². The van der Waals surface area contributed by atoms with Crippen LogP contribution in [0.3, 0.4) is 0 Å². The molecule has 2 rings (SSSR count). The average molecular weight is 212 g/mol. The number of aliphatic carboxylic acids is 1. The van der Waals surface area contributed by atoms with E-state index in [9.17, 15) is 9.59 Å². The number of fused-ring (bicyclic) bond motifs is 1. The zero-order valence-corrected chi connectivity index (χ0v) is 8.08. The highest BCUT2D eigenvalue weighted by atomic mass is 32.1. The molecule has 1 N–H and O–H groups in total. The Kier molecular flexibility index (Phi) is 2.20. The van der Waals surface area contributed by atoms with E-state index in [0.717, 1.165) is 10.6 Å². The predicted molar refractivity (Wildman–Crippen MR) is 48.9 cm³/mol. The zero-order chi connectivity index (χ0) is 10.1. The molecule has 0 fully saturated rings. The number of aromatic nitrogens is 1. The maximum absolute atomic E-state index is 11.1. The fraction of sp³-hybridized carbons (Fsp3) is 0.375. The monoisotopic (exact) mass is 212 g/mol. The van der Waals surface area contributed by atoms with Crippen LogP contribution < -0.4 is 0 Å². The van der Waals surface area contributed by atoms with Crippen LogP contribution >= 0.6 is 11.3 Å². The average Bonchev–Trinajstić information content (AvgIpc) is 2.62. The lowest BCUT2D eigenvalue weighted by atomic mass is 10.2. The number of rotatable bonds is 0. The molecule has 0 atom stereocenters. The van der Waals surface area contributed by atoms with Gasteiger partial charge in [-0.05, 0) is 0 Å². The van der Waals surface area contributed by atoms with E-state index >= 15 is 0 Å². The highest BCUT2D eigenvalue weighted by Crippen LogP contribution is 2.21. The van der Waals surface area contributed by atoms with Crippen LogP contribution in [-0.2, 0) is 22.6 Å². The van der Waals surface area contributed by atoms with Crippen molar-refractivity contribution < 1.29 is 14.7 Å². The minimum Gasteiger partial charge on any atom is -0.474 e. The van der Waals surface area contributed by atoms with Crippen LogP contribution in [0.5, 0.6) is 0 Å². The number of carboxylic acids is 1. The third-order valence-electron chi connectivity index (χ3n) is 2.15. The normalized spacial score (nSPS) is 15.0. The van der Waals surface area contributed by atoms with Crippen molar-refractivity contribution in [2.45, 2.75) is 13.0 Å². The van der Waals surface area contributed by atoms with Crippen molar-refractivity contribution >= 4 is 23.2 Å². The first-order valence-corrected chi connectivity index (χ1v) is 5.00. The Labute approximate surface area is 84.0 Å². The Hall–Kier alpha value is -1.43. The van der Waals surface area contributed by atoms with Gasteiger partial charge in [0.1, 0.15) is 0 Å². The summed E-state index contributed by atoms with van der Waals surface area (Å²) in [6, 6.07) is 0. The van der Waals surface area contributed by atoms with Gasteiger partial charge >= 0.3 is 11.9 Å². The van der Waals surface area contributed by atoms with Crippen molar-refractivity contribution in [1.82, 2.24) is 9.88 Å². The highest BCUT2D eigenvalue weighted by Gasteiger charge is 2.26. The molecule has 0 spiro atoms. The molecule has 0 unspecified atom stereocenters. The van der Waals surface area contributed by atoms with E-state index in [-0.39, 0.29) is 0 Å². The minimum atomic E-state index is -1.39. The molecule has 1 aromatic heterocycles. The maximum atomic E-state index is 11.1. The largest absolute Gasteiger partial charge is 0.474 e. The van der Waals surface area contributed by atoms with Crippen LogP contribution in [0, 0.1) is 0 Å². The fourth-order valence-corrected chi connectivity index (χ4v) is 2.26. The number of carboxylic acid groups (broad SMARTS) is 1. The number of hydrogen-bond donors (Lipinski definition) is 1. The lowest BCUT2D eigenvalue weighted by Crippen LogP contribution is -2.39. The van der Waals surface area contributed by atoms with Gasteiger partial charge in [0, 0.05) is 17.8 Å². The Morgan fingerprint density at radius 2 is 2.36 bits per heavy atom. The summed E-state index contributed by atoms with van der Waals surface area (Å²) in [5.41, 5.74) is 2.71. The second kappa shape index (κ2) is 3.38. The summed E-state index contributed by atoms with van der Waals surface area (Å²) in [7, 11) is 0.